The van der Waals surface area contributed by atoms with Gasteiger partial charge in [-0.2, -0.15) is 5.10 Å². The van der Waals surface area contributed by atoms with Crippen molar-refractivity contribution in [2.45, 2.75) is 26.9 Å². The molecule has 0 spiro atoms. The van der Waals surface area contributed by atoms with E-state index in [4.69, 9.17) is 0 Å². The minimum atomic E-state index is 0.573. The van der Waals surface area contributed by atoms with Crippen LogP contribution in [0.15, 0.2) is 30.6 Å². The number of nitrogens with zero attached hydrogens (tertiary/aromatic N) is 3. The van der Waals surface area contributed by atoms with Crippen molar-refractivity contribution >= 4 is 28.3 Å². The van der Waals surface area contributed by atoms with Crippen LogP contribution in [0, 0.1) is 9.49 Å². The van der Waals surface area contributed by atoms with Gasteiger partial charge in [-0.3, -0.25) is 0 Å². The molecule has 96 valence electrons. The fraction of sp³-hybridized carbons (Fsp3) is 0.385. The van der Waals surface area contributed by atoms with Gasteiger partial charge in [-0.1, -0.05) is 13.8 Å². The highest BCUT2D eigenvalue weighted by molar-refractivity contribution is 14.1. The Morgan fingerprint density at radius 1 is 1.28 bits per heavy atom. The summed E-state index contributed by atoms with van der Waals surface area (Å²) in [7, 11) is 0. The molecule has 1 aromatic carbocycles. The molecule has 0 aliphatic heterocycles. The lowest BCUT2D eigenvalue weighted by Crippen LogP contribution is -2.13. The smallest absolute Gasteiger partial charge is 0.146 e. The molecule has 0 aliphatic carbocycles. The Kier molecular flexibility index (Phi) is 4.57. The van der Waals surface area contributed by atoms with Crippen molar-refractivity contribution in [3.8, 4) is 0 Å². The first-order valence-electron chi connectivity index (χ1n) is 6.01. The Balaban J connectivity index is 1.97. The summed E-state index contributed by atoms with van der Waals surface area (Å²) in [6, 6.07) is 8.32. The van der Waals surface area contributed by atoms with Crippen molar-refractivity contribution in [3.05, 3.63) is 40.0 Å². The number of nitrogens with one attached hydrogen (secondary N) is 1. The number of rotatable bonds is 5. The van der Waals surface area contributed by atoms with E-state index in [0.29, 0.717) is 12.5 Å². The van der Waals surface area contributed by atoms with Crippen LogP contribution in [0.3, 0.4) is 0 Å². The third-order valence-electron chi connectivity index (χ3n) is 2.53. The second kappa shape index (κ2) is 6.17. The summed E-state index contributed by atoms with van der Waals surface area (Å²) in [5, 5.41) is 7.61. The second-order valence-electron chi connectivity index (χ2n) is 4.61. The normalized spacial score (nSPS) is 10.9. The second-order valence-corrected chi connectivity index (χ2v) is 5.86. The molecule has 0 saturated carbocycles. The summed E-state index contributed by atoms with van der Waals surface area (Å²) in [5.41, 5.74) is 1.11. The highest BCUT2D eigenvalue weighted by Gasteiger charge is 2.05. The van der Waals surface area contributed by atoms with Gasteiger partial charge in [-0.25, -0.2) is 9.67 Å². The van der Waals surface area contributed by atoms with Crippen LogP contribution >= 0.6 is 22.6 Å². The maximum Gasteiger partial charge on any atom is 0.146 e. The minimum absolute atomic E-state index is 0.573. The number of halogens is 1. The number of aromatic nitrogens is 3. The molecule has 18 heavy (non-hydrogen) atoms. The van der Waals surface area contributed by atoms with E-state index in [2.05, 4.69) is 76.1 Å². The van der Waals surface area contributed by atoms with Crippen molar-refractivity contribution in [3.63, 3.8) is 0 Å². The lowest BCUT2D eigenvalue weighted by Gasteiger charge is -2.10. The zero-order chi connectivity index (χ0) is 13.0. The summed E-state index contributed by atoms with van der Waals surface area (Å²) in [6.45, 7) is 5.97. The van der Waals surface area contributed by atoms with E-state index < -0.39 is 0 Å². The maximum atomic E-state index is 4.29. The molecule has 1 N–H and O–H groups in total. The molecule has 0 fully saturated rings. The standard InChI is InChI=1S/C13H17IN4/c1-10(2)8-18-13(16-9-17-18)7-15-12-5-3-11(14)4-6-12/h3-6,9-10,15H,7-8H2,1-2H3. The first kappa shape index (κ1) is 13.3. The van der Waals surface area contributed by atoms with Crippen LogP contribution in [0.5, 0.6) is 0 Å². The zero-order valence-corrected chi connectivity index (χ0v) is 12.8. The predicted octanol–water partition coefficient (Wildman–Crippen LogP) is 3.15. The van der Waals surface area contributed by atoms with E-state index in [0.717, 1.165) is 18.1 Å². The van der Waals surface area contributed by atoms with Crippen LogP contribution in [-0.2, 0) is 13.1 Å². The molecule has 0 aliphatic rings. The average Bonchev–Trinajstić information content (AvgIpc) is 2.75. The van der Waals surface area contributed by atoms with Crippen LogP contribution < -0.4 is 5.32 Å². The molecular formula is C13H17IN4. The molecule has 2 rings (SSSR count). The predicted molar refractivity (Wildman–Crippen MR) is 81.3 cm³/mol. The SMILES string of the molecule is CC(C)Cn1ncnc1CNc1ccc(I)cc1. The van der Waals surface area contributed by atoms with Gasteiger partial charge in [0.15, 0.2) is 0 Å². The van der Waals surface area contributed by atoms with Gasteiger partial charge in [0.1, 0.15) is 12.2 Å². The molecule has 2 aromatic rings. The van der Waals surface area contributed by atoms with Gasteiger partial charge >= 0.3 is 0 Å². The summed E-state index contributed by atoms with van der Waals surface area (Å²) < 4.78 is 3.20. The molecule has 0 amide bonds. The largest absolute Gasteiger partial charge is 0.378 e. The molecule has 5 heteroatoms. The van der Waals surface area contributed by atoms with Gasteiger partial charge in [0.25, 0.3) is 0 Å². The summed E-state index contributed by atoms with van der Waals surface area (Å²) in [6.07, 6.45) is 1.62. The molecule has 1 aromatic heterocycles. The topological polar surface area (TPSA) is 42.7 Å². The van der Waals surface area contributed by atoms with E-state index in [9.17, 15) is 0 Å². The Hall–Kier alpha value is -1.11. The Morgan fingerprint density at radius 3 is 2.67 bits per heavy atom. The van der Waals surface area contributed by atoms with E-state index in [1.54, 1.807) is 6.33 Å². The molecule has 1 heterocycles. The zero-order valence-electron chi connectivity index (χ0n) is 10.6. The lowest BCUT2D eigenvalue weighted by molar-refractivity contribution is 0.468. The maximum absolute atomic E-state index is 4.29. The Labute approximate surface area is 121 Å². The highest BCUT2D eigenvalue weighted by Crippen LogP contribution is 2.12. The third-order valence-corrected chi connectivity index (χ3v) is 3.25. The van der Waals surface area contributed by atoms with Crippen LogP contribution in [0.4, 0.5) is 5.69 Å². The first-order chi connectivity index (χ1) is 8.65. The van der Waals surface area contributed by atoms with Gasteiger partial charge in [0.05, 0.1) is 6.54 Å². The number of anilines is 1. The van der Waals surface area contributed by atoms with Gasteiger partial charge < -0.3 is 5.32 Å². The molecule has 0 radical (unpaired) electrons. The van der Waals surface area contributed by atoms with Crippen LogP contribution in [-0.4, -0.2) is 14.8 Å². The molecule has 0 saturated heterocycles. The fourth-order valence-electron chi connectivity index (χ4n) is 1.67. The minimum Gasteiger partial charge on any atom is -0.378 e. The molecule has 4 nitrogen and oxygen atoms in total. The summed E-state index contributed by atoms with van der Waals surface area (Å²) in [5.74, 6) is 1.55. The van der Waals surface area contributed by atoms with Crippen molar-refractivity contribution in [1.29, 1.82) is 0 Å². The van der Waals surface area contributed by atoms with Crippen LogP contribution in [0.25, 0.3) is 0 Å². The van der Waals surface area contributed by atoms with Crippen molar-refractivity contribution in [2.24, 2.45) is 5.92 Å². The number of hydrogen-bond donors (Lipinski definition) is 1. The molecular weight excluding hydrogens is 339 g/mol. The molecule has 0 bridgehead atoms. The van der Waals surface area contributed by atoms with Crippen molar-refractivity contribution < 1.29 is 0 Å². The average molecular weight is 356 g/mol. The van der Waals surface area contributed by atoms with E-state index in [1.165, 1.54) is 3.57 Å². The van der Waals surface area contributed by atoms with Gasteiger partial charge in [0, 0.05) is 15.8 Å². The third kappa shape index (κ3) is 3.69. The van der Waals surface area contributed by atoms with E-state index in [-0.39, 0.29) is 0 Å². The van der Waals surface area contributed by atoms with Gasteiger partial charge in [-0.15, -0.1) is 0 Å². The lowest BCUT2D eigenvalue weighted by atomic mass is 10.2. The highest BCUT2D eigenvalue weighted by atomic mass is 127. The fourth-order valence-corrected chi connectivity index (χ4v) is 2.03. The van der Waals surface area contributed by atoms with Gasteiger partial charge in [0.2, 0.25) is 0 Å². The monoisotopic (exact) mass is 356 g/mol. The first-order valence-corrected chi connectivity index (χ1v) is 7.09. The van der Waals surface area contributed by atoms with E-state index in [1.807, 2.05) is 4.68 Å². The van der Waals surface area contributed by atoms with Crippen LogP contribution in [0.2, 0.25) is 0 Å². The van der Waals surface area contributed by atoms with Gasteiger partial charge in [-0.05, 0) is 52.8 Å². The summed E-state index contributed by atoms with van der Waals surface area (Å²) >= 11 is 2.30. The molecule has 0 atom stereocenters. The van der Waals surface area contributed by atoms with Crippen LogP contribution in [0.1, 0.15) is 19.7 Å². The van der Waals surface area contributed by atoms with E-state index >= 15 is 0 Å². The summed E-state index contributed by atoms with van der Waals surface area (Å²) in [4.78, 5) is 4.29. The number of hydrogen-bond acceptors (Lipinski definition) is 3. The quantitative estimate of drug-likeness (QED) is 0.837. The van der Waals surface area contributed by atoms with Crippen molar-refractivity contribution in [1.82, 2.24) is 14.8 Å². The Morgan fingerprint density at radius 2 is 2.00 bits per heavy atom. The molecule has 0 unspecified atom stereocenters. The van der Waals surface area contributed by atoms with Crippen molar-refractivity contribution in [2.75, 3.05) is 5.32 Å². The number of benzene rings is 1. The Bertz CT molecular complexity index is 490.